The van der Waals surface area contributed by atoms with Crippen LogP contribution < -0.4 is 11.1 Å². The molecule has 1 aromatic rings. The summed E-state index contributed by atoms with van der Waals surface area (Å²) in [5.74, 6) is -0.102. The van der Waals surface area contributed by atoms with Gasteiger partial charge in [0.1, 0.15) is 0 Å². The summed E-state index contributed by atoms with van der Waals surface area (Å²) in [6.07, 6.45) is 3.31. The summed E-state index contributed by atoms with van der Waals surface area (Å²) in [5, 5.41) is 2.31. The second-order valence-corrected chi connectivity index (χ2v) is 5.22. The summed E-state index contributed by atoms with van der Waals surface area (Å²) in [7, 11) is 1.60. The molecule has 1 saturated heterocycles. The maximum Gasteiger partial charge on any atom is 0.325 e. The Hall–Kier alpha value is -2.83. The van der Waals surface area contributed by atoms with E-state index < -0.39 is 18.2 Å². The molecule has 7 heteroatoms. The van der Waals surface area contributed by atoms with E-state index >= 15 is 0 Å². The summed E-state index contributed by atoms with van der Waals surface area (Å²) >= 11 is 0. The van der Waals surface area contributed by atoms with Gasteiger partial charge in [-0.3, -0.25) is 10.1 Å². The van der Waals surface area contributed by atoms with Gasteiger partial charge in [-0.1, -0.05) is 42.5 Å². The average molecular weight is 299 g/mol. The summed E-state index contributed by atoms with van der Waals surface area (Å²) < 4.78 is 0. The van der Waals surface area contributed by atoms with E-state index in [0.29, 0.717) is 6.54 Å². The monoisotopic (exact) mass is 299 g/mol. The van der Waals surface area contributed by atoms with Crippen molar-refractivity contribution in [3.05, 3.63) is 42.0 Å². The number of nitrogens with one attached hydrogen (secondary N) is 1. The van der Waals surface area contributed by atoms with Gasteiger partial charge in [0, 0.05) is 13.6 Å². The van der Waals surface area contributed by atoms with E-state index in [-0.39, 0.29) is 11.9 Å². The Kier molecular flexibility index (Phi) is 3.54. The van der Waals surface area contributed by atoms with Gasteiger partial charge in [0.05, 0.1) is 0 Å². The fourth-order valence-electron chi connectivity index (χ4n) is 2.62. The van der Waals surface area contributed by atoms with Crippen LogP contribution in [0.15, 0.2) is 41.4 Å². The number of aliphatic imine (C=N–C) groups is 1. The highest BCUT2D eigenvalue weighted by molar-refractivity contribution is 6.03. The number of carbonyl (C=O) groups excluding carboxylic acids is 2. The van der Waals surface area contributed by atoms with Crippen LogP contribution in [0.3, 0.4) is 0 Å². The maximum atomic E-state index is 12.1. The lowest BCUT2D eigenvalue weighted by Gasteiger charge is -2.35. The molecule has 3 rings (SSSR count). The van der Waals surface area contributed by atoms with E-state index in [0.717, 1.165) is 5.56 Å². The minimum Gasteiger partial charge on any atom is -0.370 e. The van der Waals surface area contributed by atoms with Crippen LogP contribution >= 0.6 is 0 Å². The van der Waals surface area contributed by atoms with E-state index in [9.17, 15) is 9.59 Å². The average Bonchev–Trinajstić information content (AvgIpc) is 2.84. The third-order valence-electron chi connectivity index (χ3n) is 3.80. The van der Waals surface area contributed by atoms with Crippen LogP contribution in [-0.2, 0) is 4.79 Å². The molecular weight excluding hydrogens is 282 g/mol. The van der Waals surface area contributed by atoms with Gasteiger partial charge < -0.3 is 15.5 Å². The lowest BCUT2D eigenvalue weighted by Crippen LogP contribution is -2.64. The van der Waals surface area contributed by atoms with Crippen molar-refractivity contribution in [2.75, 3.05) is 13.6 Å². The number of likely N-dealkylation sites (N-methyl/N-ethyl adjacent to an activating group) is 1. The second kappa shape index (κ2) is 5.51. The van der Waals surface area contributed by atoms with E-state index in [2.05, 4.69) is 10.3 Å². The Morgan fingerprint density at radius 1 is 1.32 bits per heavy atom. The van der Waals surface area contributed by atoms with Crippen molar-refractivity contribution in [1.82, 2.24) is 15.1 Å². The van der Waals surface area contributed by atoms with E-state index in [1.54, 1.807) is 11.9 Å². The Labute approximate surface area is 128 Å². The lowest BCUT2D eigenvalue weighted by molar-refractivity contribution is -0.126. The minimum absolute atomic E-state index is 0.268. The standard InChI is InChI=1S/C15H17N5O2/c1-19-12-11(13(21)18-15(19)22)20(14(16)17-12)9-5-8-10-6-3-2-4-7-10/h2-8,11-12H,9H2,1H3,(H2,16,17)(H,18,21,22)/b8-5+. The van der Waals surface area contributed by atoms with E-state index in [4.69, 9.17) is 5.73 Å². The first-order valence-corrected chi connectivity index (χ1v) is 6.97. The molecule has 7 nitrogen and oxygen atoms in total. The molecule has 2 heterocycles. The SMILES string of the molecule is CN1C(=O)NC(=O)C2C1N=C(N)N2C/C=C/c1ccccc1. The molecule has 2 unspecified atom stereocenters. The summed E-state index contributed by atoms with van der Waals surface area (Å²) in [5.41, 5.74) is 6.98. The van der Waals surface area contributed by atoms with Crippen molar-refractivity contribution in [2.45, 2.75) is 12.2 Å². The molecule has 2 atom stereocenters. The molecule has 22 heavy (non-hydrogen) atoms. The number of fused-ring (bicyclic) bond motifs is 1. The Bertz CT molecular complexity index is 655. The van der Waals surface area contributed by atoms with Crippen molar-refractivity contribution >= 4 is 24.0 Å². The zero-order valence-electron chi connectivity index (χ0n) is 12.1. The molecule has 3 N–H and O–H groups in total. The number of hydrogen-bond acceptors (Lipinski definition) is 5. The van der Waals surface area contributed by atoms with Crippen LogP contribution in [-0.4, -0.2) is 53.5 Å². The number of hydrogen-bond donors (Lipinski definition) is 2. The normalized spacial score (nSPS) is 24.5. The molecule has 2 aliphatic rings. The summed E-state index contributed by atoms with van der Waals surface area (Å²) in [4.78, 5) is 31.0. The lowest BCUT2D eigenvalue weighted by atomic mass is 10.1. The van der Waals surface area contributed by atoms with Crippen LogP contribution in [0.5, 0.6) is 0 Å². The first-order valence-electron chi connectivity index (χ1n) is 6.97. The highest BCUT2D eigenvalue weighted by Gasteiger charge is 2.47. The molecule has 0 aliphatic carbocycles. The number of urea groups is 1. The smallest absolute Gasteiger partial charge is 0.325 e. The zero-order valence-corrected chi connectivity index (χ0v) is 12.1. The van der Waals surface area contributed by atoms with E-state index in [1.165, 1.54) is 4.90 Å². The van der Waals surface area contributed by atoms with Gasteiger partial charge >= 0.3 is 6.03 Å². The minimum atomic E-state index is -0.580. The number of rotatable bonds is 3. The van der Waals surface area contributed by atoms with Crippen molar-refractivity contribution in [3.8, 4) is 0 Å². The molecule has 0 saturated carbocycles. The van der Waals surface area contributed by atoms with Crippen molar-refractivity contribution in [2.24, 2.45) is 10.7 Å². The molecule has 0 radical (unpaired) electrons. The molecule has 0 aromatic heterocycles. The van der Waals surface area contributed by atoms with Gasteiger partial charge in [0.25, 0.3) is 5.91 Å². The third kappa shape index (κ3) is 2.41. The molecular formula is C15H17N5O2. The van der Waals surface area contributed by atoms with Crippen LogP contribution in [0.25, 0.3) is 6.08 Å². The Morgan fingerprint density at radius 3 is 2.77 bits per heavy atom. The number of guanidine groups is 1. The first-order chi connectivity index (χ1) is 10.6. The van der Waals surface area contributed by atoms with Crippen molar-refractivity contribution in [3.63, 3.8) is 0 Å². The van der Waals surface area contributed by atoms with Gasteiger partial charge in [0.2, 0.25) is 0 Å². The zero-order chi connectivity index (χ0) is 15.7. The molecule has 0 spiro atoms. The van der Waals surface area contributed by atoms with Crippen LogP contribution in [0.2, 0.25) is 0 Å². The number of carbonyl (C=O) groups is 2. The number of imide groups is 1. The Balaban J connectivity index is 1.74. The predicted molar refractivity (Wildman–Crippen MR) is 82.7 cm³/mol. The Morgan fingerprint density at radius 2 is 2.05 bits per heavy atom. The topological polar surface area (TPSA) is 91.0 Å². The van der Waals surface area contributed by atoms with Crippen molar-refractivity contribution < 1.29 is 9.59 Å². The van der Waals surface area contributed by atoms with Crippen LogP contribution in [0.4, 0.5) is 4.79 Å². The van der Waals surface area contributed by atoms with E-state index in [1.807, 2.05) is 42.5 Å². The molecule has 114 valence electrons. The van der Waals surface area contributed by atoms with Gasteiger partial charge in [-0.15, -0.1) is 0 Å². The van der Waals surface area contributed by atoms with Crippen LogP contribution in [0.1, 0.15) is 5.56 Å². The highest BCUT2D eigenvalue weighted by Crippen LogP contribution is 2.22. The van der Waals surface area contributed by atoms with Gasteiger partial charge in [0.15, 0.2) is 18.2 Å². The van der Waals surface area contributed by atoms with Gasteiger partial charge in [-0.25, -0.2) is 9.79 Å². The van der Waals surface area contributed by atoms with Crippen LogP contribution in [0, 0.1) is 0 Å². The molecule has 1 fully saturated rings. The summed E-state index contributed by atoms with van der Waals surface area (Å²) in [6, 6.07) is 8.80. The fraction of sp³-hybridized carbons (Fsp3) is 0.267. The third-order valence-corrected chi connectivity index (χ3v) is 3.80. The largest absolute Gasteiger partial charge is 0.370 e. The first kappa shape index (κ1) is 14.1. The quantitative estimate of drug-likeness (QED) is 0.834. The molecule has 1 aromatic carbocycles. The number of nitrogens with zero attached hydrogens (tertiary/aromatic N) is 3. The maximum absolute atomic E-state index is 12.1. The molecule has 0 bridgehead atoms. The van der Waals surface area contributed by atoms with Gasteiger partial charge in [-0.05, 0) is 5.56 Å². The molecule has 3 amide bonds. The van der Waals surface area contributed by atoms with Gasteiger partial charge in [-0.2, -0.15) is 0 Å². The fourth-order valence-corrected chi connectivity index (χ4v) is 2.62. The number of amides is 3. The second-order valence-electron chi connectivity index (χ2n) is 5.22. The highest BCUT2D eigenvalue weighted by atomic mass is 16.2. The summed E-state index contributed by atoms with van der Waals surface area (Å²) in [6.45, 7) is 0.445. The number of nitrogens with two attached hydrogens (primary N) is 1. The molecule has 2 aliphatic heterocycles. The van der Waals surface area contributed by atoms with Crippen molar-refractivity contribution in [1.29, 1.82) is 0 Å². The number of benzene rings is 1. The predicted octanol–water partition coefficient (Wildman–Crippen LogP) is 0.206.